The van der Waals surface area contributed by atoms with Gasteiger partial charge in [-0.1, -0.05) is 36.4 Å². The molecule has 3 heterocycles. The number of ether oxygens (including phenoxy) is 2. The van der Waals surface area contributed by atoms with E-state index in [2.05, 4.69) is 33.7 Å². The summed E-state index contributed by atoms with van der Waals surface area (Å²) >= 11 is 13.5. The molecule has 2 aromatic heterocycles. The Morgan fingerprint density at radius 3 is 2.36 bits per heavy atom. The molecule has 4 atom stereocenters. The highest BCUT2D eigenvalue weighted by molar-refractivity contribution is 6.41. The minimum Gasteiger partial charge on any atom is -0.495 e. The number of carbonyl (C=O) groups is 2. The highest BCUT2D eigenvalue weighted by atomic mass is 35.5. The van der Waals surface area contributed by atoms with Gasteiger partial charge in [-0.3, -0.25) is 23.9 Å². The number of nitrogens with zero attached hydrogens (tertiary/aromatic N) is 5. The molecule has 248 valence electrons. The molecular weight excluding hydrogens is 645 g/mol. The number of methoxy groups -OCH3 is 2. The van der Waals surface area contributed by atoms with Crippen molar-refractivity contribution in [1.29, 1.82) is 0 Å². The van der Waals surface area contributed by atoms with E-state index in [9.17, 15) is 14.4 Å². The van der Waals surface area contributed by atoms with Crippen molar-refractivity contribution in [2.45, 2.75) is 31.5 Å². The van der Waals surface area contributed by atoms with Crippen LogP contribution in [-0.4, -0.2) is 95.2 Å². The van der Waals surface area contributed by atoms with E-state index < -0.39 is 0 Å². The molecule has 2 aliphatic carbocycles. The third-order valence-electron chi connectivity index (χ3n) is 9.41. The van der Waals surface area contributed by atoms with Gasteiger partial charge >= 0.3 is 0 Å². The van der Waals surface area contributed by atoms with Crippen LogP contribution in [0.5, 0.6) is 11.5 Å². The molecule has 4 unspecified atom stereocenters. The molecule has 12 nitrogen and oxygen atoms in total. The first-order valence-corrected chi connectivity index (χ1v) is 16.3. The SMILES string of the molecule is C=CC(=O)NC1CC2CC2C1Nc1ncc2cc(-c3c(Cl)c(OC)cc(OC)c3Cl)c(=O)n(CCN3CCN(C(=O)C=C)CC3)c2n1. The normalized spacial score (nSPS) is 22.0. The number of halogens is 2. The molecule has 0 radical (unpaired) electrons. The molecular formula is C33H37Cl2N7O5. The topological polar surface area (TPSA) is 131 Å². The van der Waals surface area contributed by atoms with Crippen LogP contribution in [0, 0.1) is 11.8 Å². The number of anilines is 1. The molecule has 47 heavy (non-hydrogen) atoms. The van der Waals surface area contributed by atoms with Gasteiger partial charge in [0.25, 0.3) is 5.56 Å². The van der Waals surface area contributed by atoms with Crippen molar-refractivity contribution in [3.05, 3.63) is 64.0 Å². The van der Waals surface area contributed by atoms with Gasteiger partial charge in [0.05, 0.1) is 35.9 Å². The number of nitrogens with one attached hydrogen (secondary N) is 2. The lowest BCUT2D eigenvalue weighted by molar-refractivity contribution is -0.127. The number of aromatic nitrogens is 3. The third kappa shape index (κ3) is 6.41. The van der Waals surface area contributed by atoms with Gasteiger partial charge in [-0.25, -0.2) is 4.98 Å². The molecule has 3 aliphatic rings. The lowest BCUT2D eigenvalue weighted by Gasteiger charge is -2.34. The van der Waals surface area contributed by atoms with Gasteiger partial charge in [0.1, 0.15) is 17.1 Å². The summed E-state index contributed by atoms with van der Waals surface area (Å²) in [6, 6.07) is 3.14. The summed E-state index contributed by atoms with van der Waals surface area (Å²) in [7, 11) is 2.95. The fourth-order valence-electron chi connectivity index (χ4n) is 6.80. The second kappa shape index (κ2) is 13.5. The Kier molecular flexibility index (Phi) is 9.45. The maximum absolute atomic E-state index is 14.4. The van der Waals surface area contributed by atoms with E-state index in [-0.39, 0.29) is 50.6 Å². The van der Waals surface area contributed by atoms with Crippen molar-refractivity contribution in [2.24, 2.45) is 11.8 Å². The van der Waals surface area contributed by atoms with Gasteiger partial charge in [0, 0.05) is 68.5 Å². The van der Waals surface area contributed by atoms with Gasteiger partial charge < -0.3 is 25.0 Å². The van der Waals surface area contributed by atoms with E-state index >= 15 is 0 Å². The van der Waals surface area contributed by atoms with Crippen LogP contribution in [0.4, 0.5) is 5.95 Å². The summed E-state index contributed by atoms with van der Waals surface area (Å²) in [4.78, 5) is 52.0. The zero-order valence-electron chi connectivity index (χ0n) is 26.3. The first-order chi connectivity index (χ1) is 22.7. The number of rotatable bonds is 11. The zero-order chi connectivity index (χ0) is 33.4. The number of pyridine rings is 1. The van der Waals surface area contributed by atoms with Crippen LogP contribution < -0.4 is 25.7 Å². The van der Waals surface area contributed by atoms with Crippen LogP contribution in [0.3, 0.4) is 0 Å². The second-order valence-electron chi connectivity index (χ2n) is 12.0. The first kappa shape index (κ1) is 32.8. The Bertz CT molecular complexity index is 1780. The van der Waals surface area contributed by atoms with Gasteiger partial charge in [0.2, 0.25) is 17.8 Å². The van der Waals surface area contributed by atoms with Crippen molar-refractivity contribution in [3.8, 4) is 22.6 Å². The van der Waals surface area contributed by atoms with Gasteiger partial charge in [-0.05, 0) is 42.9 Å². The maximum Gasteiger partial charge on any atom is 0.260 e. The largest absolute Gasteiger partial charge is 0.495 e. The van der Waals surface area contributed by atoms with Gasteiger partial charge in [-0.15, -0.1) is 0 Å². The van der Waals surface area contributed by atoms with E-state index in [1.54, 1.807) is 27.8 Å². The maximum atomic E-state index is 14.4. The number of amides is 2. The van der Waals surface area contributed by atoms with E-state index in [0.717, 1.165) is 12.8 Å². The standard InChI is InChI=1S/C33H37Cl2N7O5/c1-5-25(43)37-22-15-18-13-20(18)30(22)38-33-36-17-19-14-21(27-28(34)23(46-3)16-24(47-4)29(27)35)32(45)42(31(19)39-33)12-9-40-7-10-41(11-8-40)26(44)6-2/h5-6,14,16-18,20,22,30H,1-2,7-13,15H2,3-4H3,(H,37,43)(H,36,38,39). The molecule has 2 amide bonds. The summed E-state index contributed by atoms with van der Waals surface area (Å²) < 4.78 is 12.6. The second-order valence-corrected chi connectivity index (χ2v) is 12.8. The summed E-state index contributed by atoms with van der Waals surface area (Å²) in [5.74, 6) is 1.63. The quantitative estimate of drug-likeness (QED) is 0.292. The van der Waals surface area contributed by atoms with Crippen molar-refractivity contribution in [1.82, 2.24) is 29.7 Å². The van der Waals surface area contributed by atoms with E-state index in [0.29, 0.717) is 79.6 Å². The zero-order valence-corrected chi connectivity index (χ0v) is 27.8. The van der Waals surface area contributed by atoms with Crippen molar-refractivity contribution < 1.29 is 19.1 Å². The number of hydrogen-bond donors (Lipinski definition) is 2. The first-order valence-electron chi connectivity index (χ1n) is 15.5. The Labute approximate surface area is 282 Å². The van der Waals surface area contributed by atoms with Crippen LogP contribution in [-0.2, 0) is 16.1 Å². The minimum atomic E-state index is -0.346. The molecule has 1 aromatic carbocycles. The Hall–Kier alpha value is -4.13. The monoisotopic (exact) mass is 681 g/mol. The van der Waals surface area contributed by atoms with Crippen molar-refractivity contribution >= 4 is 52.0 Å². The van der Waals surface area contributed by atoms with Crippen LogP contribution in [0.1, 0.15) is 12.8 Å². The molecule has 14 heteroatoms. The third-order valence-corrected chi connectivity index (χ3v) is 10.2. The molecule has 0 spiro atoms. The molecule has 1 saturated heterocycles. The number of carbonyl (C=O) groups excluding carboxylic acids is 2. The Morgan fingerprint density at radius 2 is 1.72 bits per heavy atom. The Morgan fingerprint density at radius 1 is 1.02 bits per heavy atom. The fourth-order valence-corrected chi connectivity index (χ4v) is 7.50. The molecule has 6 rings (SSSR count). The van der Waals surface area contributed by atoms with Crippen LogP contribution in [0.2, 0.25) is 10.0 Å². The van der Waals surface area contributed by atoms with Crippen LogP contribution in [0.25, 0.3) is 22.2 Å². The molecule has 2 N–H and O–H groups in total. The summed E-state index contributed by atoms with van der Waals surface area (Å²) in [5.41, 5.74) is 0.631. The minimum absolute atomic E-state index is 0.0442. The molecule has 3 aromatic rings. The van der Waals surface area contributed by atoms with E-state index in [4.69, 9.17) is 37.7 Å². The summed E-state index contributed by atoms with van der Waals surface area (Å²) in [6.07, 6.45) is 6.22. The van der Waals surface area contributed by atoms with Crippen LogP contribution >= 0.6 is 23.2 Å². The predicted molar refractivity (Wildman–Crippen MR) is 181 cm³/mol. The Balaban J connectivity index is 1.38. The lowest BCUT2D eigenvalue weighted by atomic mass is 10.0. The number of piperazine rings is 1. The van der Waals surface area contributed by atoms with Crippen LogP contribution in [0.15, 0.2) is 48.4 Å². The molecule has 1 aliphatic heterocycles. The molecule has 3 fully saturated rings. The van der Waals surface area contributed by atoms with Crippen molar-refractivity contribution in [3.63, 3.8) is 0 Å². The molecule has 0 bridgehead atoms. The van der Waals surface area contributed by atoms with E-state index in [1.165, 1.54) is 26.4 Å². The number of benzene rings is 1. The lowest BCUT2D eigenvalue weighted by Crippen LogP contribution is -2.49. The van der Waals surface area contributed by atoms with Gasteiger partial charge in [-0.2, -0.15) is 4.98 Å². The number of hydrogen-bond acceptors (Lipinski definition) is 9. The average Bonchev–Trinajstić information content (AvgIpc) is 3.77. The highest BCUT2D eigenvalue weighted by Gasteiger charge is 2.54. The van der Waals surface area contributed by atoms with Gasteiger partial charge in [0.15, 0.2) is 0 Å². The smallest absolute Gasteiger partial charge is 0.260 e. The van der Waals surface area contributed by atoms with Crippen molar-refractivity contribution in [2.75, 3.05) is 52.3 Å². The molecule has 2 saturated carbocycles. The fraction of sp³-hybridized carbons (Fsp3) is 0.424. The number of fused-ring (bicyclic) bond motifs is 2. The predicted octanol–water partition coefficient (Wildman–Crippen LogP) is 3.60. The summed E-state index contributed by atoms with van der Waals surface area (Å²) in [6.45, 7) is 10.4. The van der Waals surface area contributed by atoms with E-state index in [1.807, 2.05) is 0 Å². The highest BCUT2D eigenvalue weighted by Crippen LogP contribution is 2.52. The average molecular weight is 683 g/mol. The summed E-state index contributed by atoms with van der Waals surface area (Å²) in [5, 5.41) is 7.44.